The summed E-state index contributed by atoms with van der Waals surface area (Å²) in [5.74, 6) is 0.484. The van der Waals surface area contributed by atoms with Gasteiger partial charge in [-0.05, 0) is 38.0 Å². The van der Waals surface area contributed by atoms with E-state index >= 15 is 0 Å². The largest absolute Gasteiger partial charge is 0.446 e. The second kappa shape index (κ2) is 7.81. The van der Waals surface area contributed by atoms with E-state index in [0.717, 1.165) is 32.1 Å². The van der Waals surface area contributed by atoms with Gasteiger partial charge in [0, 0.05) is 20.5 Å². The summed E-state index contributed by atoms with van der Waals surface area (Å²) in [5.41, 5.74) is 5.06. The molecule has 1 fully saturated rings. The number of nitrogens with zero attached hydrogens (tertiary/aromatic N) is 1. The van der Waals surface area contributed by atoms with Crippen LogP contribution in [-0.4, -0.2) is 36.6 Å². The molecule has 5 nitrogen and oxygen atoms in total. The molecule has 1 aliphatic carbocycles. The zero-order valence-electron chi connectivity index (χ0n) is 11.8. The summed E-state index contributed by atoms with van der Waals surface area (Å²) in [4.78, 5) is 23.4. The van der Waals surface area contributed by atoms with E-state index in [9.17, 15) is 9.59 Å². The molecule has 0 aromatic heterocycles. The molecule has 2 atom stereocenters. The van der Waals surface area contributed by atoms with Crippen molar-refractivity contribution >= 4 is 12.0 Å². The van der Waals surface area contributed by atoms with Crippen molar-refractivity contribution in [2.45, 2.75) is 45.1 Å². The van der Waals surface area contributed by atoms with Gasteiger partial charge in [-0.2, -0.15) is 0 Å². The van der Waals surface area contributed by atoms with Gasteiger partial charge >= 0.3 is 6.09 Å². The van der Waals surface area contributed by atoms with Crippen molar-refractivity contribution in [3.05, 3.63) is 12.2 Å². The summed E-state index contributed by atoms with van der Waals surface area (Å²) in [7, 11) is 1.78. The number of carbonyl (C=O) groups is 2. The Bertz CT molecular complexity index is 342. The van der Waals surface area contributed by atoms with Crippen LogP contribution in [0, 0.1) is 5.92 Å². The van der Waals surface area contributed by atoms with Crippen LogP contribution in [0.25, 0.3) is 0 Å². The first-order chi connectivity index (χ1) is 9.00. The third kappa shape index (κ3) is 5.77. The Morgan fingerprint density at radius 1 is 1.37 bits per heavy atom. The number of hydrogen-bond acceptors (Lipinski definition) is 3. The van der Waals surface area contributed by atoms with Crippen LogP contribution in [0.4, 0.5) is 4.79 Å². The highest BCUT2D eigenvalue weighted by molar-refractivity contribution is 5.72. The van der Waals surface area contributed by atoms with E-state index in [4.69, 9.17) is 10.5 Å². The number of primary amides is 1. The molecule has 0 spiro atoms. The van der Waals surface area contributed by atoms with Crippen LogP contribution < -0.4 is 5.73 Å². The number of carbonyl (C=O) groups excluding carboxylic acids is 2. The Balaban J connectivity index is 2.22. The average Bonchev–Trinajstić information content (AvgIpc) is 2.75. The van der Waals surface area contributed by atoms with Gasteiger partial charge in [0.25, 0.3) is 0 Å². The predicted molar refractivity (Wildman–Crippen MR) is 73.5 cm³/mol. The number of rotatable bonds is 6. The number of ether oxygens (including phenoxy) is 1. The van der Waals surface area contributed by atoms with Gasteiger partial charge in [-0.1, -0.05) is 12.2 Å². The highest BCUT2D eigenvalue weighted by atomic mass is 16.6. The van der Waals surface area contributed by atoms with Crippen molar-refractivity contribution in [2.75, 3.05) is 13.6 Å². The maximum Gasteiger partial charge on any atom is 0.404 e. The summed E-state index contributed by atoms with van der Waals surface area (Å²) in [6, 6.07) is 0. The van der Waals surface area contributed by atoms with Gasteiger partial charge in [0.2, 0.25) is 5.91 Å². The van der Waals surface area contributed by atoms with Crippen LogP contribution in [0.3, 0.4) is 0 Å². The molecule has 2 N–H and O–H groups in total. The van der Waals surface area contributed by atoms with E-state index in [1.807, 2.05) is 6.08 Å². The molecule has 0 bridgehead atoms. The van der Waals surface area contributed by atoms with Crippen molar-refractivity contribution in [3.63, 3.8) is 0 Å². The number of amides is 2. The van der Waals surface area contributed by atoms with E-state index in [-0.39, 0.29) is 12.0 Å². The van der Waals surface area contributed by atoms with Gasteiger partial charge < -0.3 is 15.4 Å². The van der Waals surface area contributed by atoms with Gasteiger partial charge in [0.15, 0.2) is 0 Å². The molecule has 0 heterocycles. The molecule has 1 saturated carbocycles. The highest BCUT2D eigenvalue weighted by Gasteiger charge is 2.29. The van der Waals surface area contributed by atoms with E-state index in [1.165, 1.54) is 0 Å². The Morgan fingerprint density at radius 3 is 2.74 bits per heavy atom. The Hall–Kier alpha value is -1.52. The molecule has 108 valence electrons. The first kappa shape index (κ1) is 15.5. The number of likely N-dealkylation sites (N-methyl/N-ethyl adjacent to an activating group) is 1. The fourth-order valence-electron chi connectivity index (χ4n) is 2.43. The molecule has 0 aromatic rings. The zero-order chi connectivity index (χ0) is 14.3. The van der Waals surface area contributed by atoms with Crippen LogP contribution >= 0.6 is 0 Å². The van der Waals surface area contributed by atoms with Crippen molar-refractivity contribution in [1.29, 1.82) is 0 Å². The van der Waals surface area contributed by atoms with Gasteiger partial charge in [-0.25, -0.2) is 4.79 Å². The summed E-state index contributed by atoms with van der Waals surface area (Å²) >= 11 is 0. The van der Waals surface area contributed by atoms with Crippen LogP contribution in [0.5, 0.6) is 0 Å². The lowest BCUT2D eigenvalue weighted by Gasteiger charge is -2.18. The molecule has 2 unspecified atom stereocenters. The van der Waals surface area contributed by atoms with Crippen molar-refractivity contribution in [2.24, 2.45) is 11.7 Å². The van der Waals surface area contributed by atoms with Crippen molar-refractivity contribution in [3.8, 4) is 0 Å². The molecule has 0 aromatic carbocycles. The predicted octanol–water partition coefficient (Wildman–Crippen LogP) is 2.07. The van der Waals surface area contributed by atoms with Gasteiger partial charge in [0.05, 0.1) is 0 Å². The molecule has 1 aliphatic rings. The standard InChI is InChI=1S/C14H24N2O3/c1-11(17)16(2)10-5-3-4-7-12-8-6-9-13(12)19-14(15)18/h3,5,12-13H,4,6-10H2,1-2H3,(H2,15,18). The van der Waals surface area contributed by atoms with Crippen molar-refractivity contribution < 1.29 is 14.3 Å². The van der Waals surface area contributed by atoms with Crippen LogP contribution in [0.2, 0.25) is 0 Å². The quantitative estimate of drug-likeness (QED) is 0.749. The molecule has 5 heteroatoms. The lowest BCUT2D eigenvalue weighted by atomic mass is 9.99. The molecule has 2 amide bonds. The van der Waals surface area contributed by atoms with Crippen LogP contribution in [0.1, 0.15) is 39.0 Å². The number of hydrogen-bond donors (Lipinski definition) is 1. The maximum atomic E-state index is 11.0. The Kier molecular flexibility index (Phi) is 6.39. The fourth-order valence-corrected chi connectivity index (χ4v) is 2.43. The zero-order valence-corrected chi connectivity index (χ0v) is 11.8. The minimum absolute atomic E-state index is 0.00852. The smallest absolute Gasteiger partial charge is 0.404 e. The molecular formula is C14H24N2O3. The topological polar surface area (TPSA) is 72.6 Å². The number of allylic oxidation sites excluding steroid dienone is 1. The highest BCUT2D eigenvalue weighted by Crippen LogP contribution is 2.31. The van der Waals surface area contributed by atoms with Gasteiger partial charge in [-0.15, -0.1) is 0 Å². The SMILES string of the molecule is CC(=O)N(C)CC=CCCC1CCCC1OC(N)=O. The van der Waals surface area contributed by atoms with E-state index in [0.29, 0.717) is 12.5 Å². The third-order valence-electron chi connectivity index (χ3n) is 3.64. The summed E-state index contributed by atoms with van der Waals surface area (Å²) in [6.45, 7) is 2.19. The molecule has 0 aliphatic heterocycles. The molecule has 1 rings (SSSR count). The van der Waals surface area contributed by atoms with E-state index in [2.05, 4.69) is 6.08 Å². The second-order valence-electron chi connectivity index (χ2n) is 5.11. The minimum atomic E-state index is -0.671. The molecule has 0 saturated heterocycles. The van der Waals surface area contributed by atoms with E-state index in [1.54, 1.807) is 18.9 Å². The molecule has 0 radical (unpaired) electrons. The Morgan fingerprint density at radius 2 is 2.11 bits per heavy atom. The van der Waals surface area contributed by atoms with E-state index < -0.39 is 6.09 Å². The summed E-state index contributed by atoms with van der Waals surface area (Å²) in [6.07, 6.45) is 8.46. The molecular weight excluding hydrogens is 244 g/mol. The monoisotopic (exact) mass is 268 g/mol. The summed E-state index contributed by atoms with van der Waals surface area (Å²) < 4.78 is 5.11. The summed E-state index contributed by atoms with van der Waals surface area (Å²) in [5, 5.41) is 0. The number of nitrogens with two attached hydrogens (primary N) is 1. The Labute approximate surface area is 114 Å². The third-order valence-corrected chi connectivity index (χ3v) is 3.64. The fraction of sp³-hybridized carbons (Fsp3) is 0.714. The first-order valence-corrected chi connectivity index (χ1v) is 6.83. The molecule has 19 heavy (non-hydrogen) atoms. The maximum absolute atomic E-state index is 11.0. The average molecular weight is 268 g/mol. The lowest BCUT2D eigenvalue weighted by molar-refractivity contribution is -0.127. The lowest BCUT2D eigenvalue weighted by Crippen LogP contribution is -2.25. The van der Waals surface area contributed by atoms with Crippen LogP contribution in [0.15, 0.2) is 12.2 Å². The van der Waals surface area contributed by atoms with Crippen molar-refractivity contribution in [1.82, 2.24) is 4.90 Å². The normalized spacial score (nSPS) is 22.6. The second-order valence-corrected chi connectivity index (χ2v) is 5.11. The van der Waals surface area contributed by atoms with Gasteiger partial charge in [0.1, 0.15) is 6.10 Å². The van der Waals surface area contributed by atoms with Crippen LogP contribution in [-0.2, 0) is 9.53 Å². The minimum Gasteiger partial charge on any atom is -0.446 e. The first-order valence-electron chi connectivity index (χ1n) is 6.83. The van der Waals surface area contributed by atoms with Gasteiger partial charge in [-0.3, -0.25) is 4.79 Å².